The molecule has 2 heterocycles. The van der Waals surface area contributed by atoms with Gasteiger partial charge in [-0.2, -0.15) is 10.2 Å². The number of nitrogens with zero attached hydrogens (tertiary/aromatic N) is 3. The summed E-state index contributed by atoms with van der Waals surface area (Å²) in [5.74, 6) is 0.297. The van der Waals surface area contributed by atoms with Gasteiger partial charge in [-0.25, -0.2) is 4.68 Å². The number of hydrogen-bond donors (Lipinski definition) is 2. The molecule has 30 heavy (non-hydrogen) atoms. The number of anilines is 1. The number of amides is 1. The summed E-state index contributed by atoms with van der Waals surface area (Å²) >= 11 is 0. The Morgan fingerprint density at radius 1 is 1.03 bits per heavy atom. The van der Waals surface area contributed by atoms with Crippen LogP contribution in [0.15, 0.2) is 83.8 Å². The minimum atomic E-state index is -0.408. The molecule has 2 aromatic carbocycles. The van der Waals surface area contributed by atoms with Gasteiger partial charge in [0.2, 0.25) is 0 Å². The fourth-order valence-corrected chi connectivity index (χ4v) is 2.87. The zero-order valence-corrected chi connectivity index (χ0v) is 16.0. The maximum atomic E-state index is 12.6. The summed E-state index contributed by atoms with van der Waals surface area (Å²) in [5.41, 5.74) is 2.18. The Morgan fingerprint density at radius 3 is 2.70 bits per heavy atom. The molecule has 0 aliphatic heterocycles. The Morgan fingerprint density at radius 2 is 1.90 bits per heavy atom. The minimum absolute atomic E-state index is 0.140. The molecule has 2 aromatic heterocycles. The third kappa shape index (κ3) is 4.61. The van der Waals surface area contributed by atoms with E-state index in [1.54, 1.807) is 12.3 Å². The van der Waals surface area contributed by atoms with Crippen LogP contribution in [-0.4, -0.2) is 32.5 Å². The molecule has 0 aliphatic rings. The van der Waals surface area contributed by atoms with E-state index in [9.17, 15) is 9.59 Å². The van der Waals surface area contributed by atoms with Crippen molar-refractivity contribution < 1.29 is 9.53 Å². The third-order valence-corrected chi connectivity index (χ3v) is 4.35. The lowest BCUT2D eigenvalue weighted by Gasteiger charge is -2.10. The third-order valence-electron chi connectivity index (χ3n) is 4.35. The summed E-state index contributed by atoms with van der Waals surface area (Å²) in [6, 6.07) is 21.2. The van der Waals surface area contributed by atoms with E-state index in [1.807, 2.05) is 54.6 Å². The maximum absolute atomic E-state index is 12.6. The molecule has 0 saturated carbocycles. The Labute approximate surface area is 172 Å². The number of ether oxygens (including phenoxy) is 1. The Kier molecular flexibility index (Phi) is 5.66. The van der Waals surface area contributed by atoms with Gasteiger partial charge in [0.05, 0.1) is 12.2 Å². The molecule has 0 unspecified atom stereocenters. The molecule has 4 rings (SSSR count). The van der Waals surface area contributed by atoms with E-state index >= 15 is 0 Å². The monoisotopic (exact) mass is 401 g/mol. The molecule has 8 nitrogen and oxygen atoms in total. The molecule has 150 valence electrons. The predicted octanol–water partition coefficient (Wildman–Crippen LogP) is 2.96. The van der Waals surface area contributed by atoms with Gasteiger partial charge in [0, 0.05) is 23.5 Å². The van der Waals surface area contributed by atoms with Gasteiger partial charge in [-0.3, -0.25) is 14.7 Å². The number of carbonyl (C=O) groups excluding carboxylic acids is 1. The summed E-state index contributed by atoms with van der Waals surface area (Å²) in [5, 5.41) is 13.8. The highest BCUT2D eigenvalue weighted by Gasteiger charge is 2.11. The number of nitrogens with one attached hydrogen (secondary N) is 2. The second-order valence-corrected chi connectivity index (χ2v) is 6.45. The van der Waals surface area contributed by atoms with E-state index in [-0.39, 0.29) is 24.4 Å². The Balaban J connectivity index is 1.44. The molecule has 0 atom stereocenters. The summed E-state index contributed by atoms with van der Waals surface area (Å²) in [6.45, 7) is 0.485. The Bertz CT molecular complexity index is 1190. The highest BCUT2D eigenvalue weighted by Crippen LogP contribution is 2.20. The number of para-hydroxylation sites is 1. The molecule has 4 aromatic rings. The van der Waals surface area contributed by atoms with Gasteiger partial charge in [0.15, 0.2) is 0 Å². The first-order valence-electron chi connectivity index (χ1n) is 9.36. The van der Waals surface area contributed by atoms with Crippen molar-refractivity contribution in [2.75, 3.05) is 11.9 Å². The van der Waals surface area contributed by atoms with E-state index in [0.29, 0.717) is 11.4 Å². The zero-order valence-electron chi connectivity index (χ0n) is 16.0. The fourth-order valence-electron chi connectivity index (χ4n) is 2.87. The smallest absolute Gasteiger partial charge is 0.276 e. The number of rotatable bonds is 7. The highest BCUT2D eigenvalue weighted by molar-refractivity contribution is 6.03. The predicted molar refractivity (Wildman–Crippen MR) is 112 cm³/mol. The van der Waals surface area contributed by atoms with E-state index < -0.39 is 5.91 Å². The highest BCUT2D eigenvalue weighted by atomic mass is 16.5. The van der Waals surface area contributed by atoms with Gasteiger partial charge < -0.3 is 10.1 Å². The van der Waals surface area contributed by atoms with Crippen molar-refractivity contribution in [3.8, 4) is 17.0 Å². The van der Waals surface area contributed by atoms with Gasteiger partial charge in [0.25, 0.3) is 11.5 Å². The molecule has 0 bridgehead atoms. The van der Waals surface area contributed by atoms with Gasteiger partial charge in [-0.15, -0.1) is 0 Å². The summed E-state index contributed by atoms with van der Waals surface area (Å²) in [6.07, 6.45) is 1.66. The number of H-pyrrole nitrogens is 1. The second-order valence-electron chi connectivity index (χ2n) is 6.45. The number of hydrogen-bond acceptors (Lipinski definition) is 5. The van der Waals surface area contributed by atoms with Crippen molar-refractivity contribution in [2.45, 2.75) is 6.54 Å². The molecule has 2 N–H and O–H groups in total. The van der Waals surface area contributed by atoms with Gasteiger partial charge in [-0.1, -0.05) is 30.3 Å². The van der Waals surface area contributed by atoms with E-state index in [4.69, 9.17) is 4.74 Å². The standard InChI is InChI=1S/C22H19N5O3/c28-21-10-9-20(26-27(21)13-14-30-18-7-2-1-3-8-18)22(29)24-17-6-4-5-16(15-17)19-11-12-23-25-19/h1-12,15H,13-14H2,(H,23,25)(H,24,29). The van der Waals surface area contributed by atoms with Crippen molar-refractivity contribution in [1.82, 2.24) is 20.0 Å². The van der Waals surface area contributed by atoms with Crippen molar-refractivity contribution in [2.24, 2.45) is 0 Å². The average Bonchev–Trinajstić information content (AvgIpc) is 3.31. The summed E-state index contributed by atoms with van der Waals surface area (Å²) in [7, 11) is 0. The van der Waals surface area contributed by atoms with Gasteiger partial charge >= 0.3 is 0 Å². The molecule has 0 aliphatic carbocycles. The van der Waals surface area contributed by atoms with Crippen molar-refractivity contribution in [1.29, 1.82) is 0 Å². The first-order valence-corrected chi connectivity index (χ1v) is 9.36. The second kappa shape index (κ2) is 8.87. The van der Waals surface area contributed by atoms with E-state index in [1.165, 1.54) is 16.8 Å². The molecule has 0 saturated heterocycles. The number of benzene rings is 2. The van der Waals surface area contributed by atoms with Crippen LogP contribution < -0.4 is 15.6 Å². The lowest BCUT2D eigenvalue weighted by Crippen LogP contribution is -2.28. The Hall–Kier alpha value is -4.20. The normalized spacial score (nSPS) is 10.5. The molecular weight excluding hydrogens is 382 g/mol. The number of carbonyl (C=O) groups is 1. The number of aromatic nitrogens is 4. The van der Waals surface area contributed by atoms with Crippen LogP contribution >= 0.6 is 0 Å². The van der Waals surface area contributed by atoms with Crippen LogP contribution in [0.1, 0.15) is 10.5 Å². The van der Waals surface area contributed by atoms with Gasteiger partial charge in [0.1, 0.15) is 18.1 Å². The summed E-state index contributed by atoms with van der Waals surface area (Å²) in [4.78, 5) is 24.7. The summed E-state index contributed by atoms with van der Waals surface area (Å²) < 4.78 is 6.82. The first kappa shape index (κ1) is 19.1. The molecule has 0 fully saturated rings. The molecule has 8 heteroatoms. The van der Waals surface area contributed by atoms with E-state index in [0.717, 1.165) is 11.3 Å². The lowest BCUT2D eigenvalue weighted by molar-refractivity contribution is 0.101. The molecular formula is C22H19N5O3. The van der Waals surface area contributed by atoms with Crippen LogP contribution in [-0.2, 0) is 6.54 Å². The molecule has 0 radical (unpaired) electrons. The van der Waals surface area contributed by atoms with Crippen LogP contribution in [0.4, 0.5) is 5.69 Å². The lowest BCUT2D eigenvalue weighted by atomic mass is 10.1. The van der Waals surface area contributed by atoms with Crippen LogP contribution in [0.3, 0.4) is 0 Å². The fraction of sp³-hybridized carbons (Fsp3) is 0.0909. The van der Waals surface area contributed by atoms with Crippen LogP contribution in [0, 0.1) is 0 Å². The largest absolute Gasteiger partial charge is 0.492 e. The van der Waals surface area contributed by atoms with Crippen molar-refractivity contribution >= 4 is 11.6 Å². The average molecular weight is 401 g/mol. The van der Waals surface area contributed by atoms with Crippen LogP contribution in [0.5, 0.6) is 5.75 Å². The minimum Gasteiger partial charge on any atom is -0.492 e. The topological polar surface area (TPSA) is 102 Å². The number of aromatic amines is 1. The maximum Gasteiger partial charge on any atom is 0.276 e. The molecule has 0 spiro atoms. The van der Waals surface area contributed by atoms with E-state index in [2.05, 4.69) is 20.6 Å². The first-order chi connectivity index (χ1) is 14.7. The quantitative estimate of drug-likeness (QED) is 0.496. The van der Waals surface area contributed by atoms with Crippen molar-refractivity contribution in [3.05, 3.63) is 95.0 Å². The zero-order chi connectivity index (χ0) is 20.8. The van der Waals surface area contributed by atoms with Crippen molar-refractivity contribution in [3.63, 3.8) is 0 Å². The SMILES string of the molecule is O=C(Nc1cccc(-c2ccn[nH]2)c1)c1ccc(=O)n(CCOc2ccccc2)n1. The molecule has 1 amide bonds. The van der Waals surface area contributed by atoms with Crippen LogP contribution in [0.25, 0.3) is 11.3 Å². The van der Waals surface area contributed by atoms with Gasteiger partial charge in [-0.05, 0) is 36.4 Å². The van der Waals surface area contributed by atoms with Crippen LogP contribution in [0.2, 0.25) is 0 Å².